The maximum absolute atomic E-state index is 4.74. The van der Waals surface area contributed by atoms with Crippen LogP contribution >= 0.6 is 0 Å². The molecule has 0 amide bonds. The molecule has 1 aliphatic rings. The second-order valence-corrected chi connectivity index (χ2v) is 4.91. The van der Waals surface area contributed by atoms with E-state index in [2.05, 4.69) is 31.7 Å². The van der Waals surface area contributed by atoms with Crippen LogP contribution in [0, 0.1) is 0 Å². The molecule has 0 saturated carbocycles. The second-order valence-electron chi connectivity index (χ2n) is 4.91. The molecule has 0 radical (unpaired) electrons. The van der Waals surface area contributed by atoms with Crippen molar-refractivity contribution in [2.75, 3.05) is 26.2 Å². The average molecular weight is 236 g/mol. The van der Waals surface area contributed by atoms with E-state index in [0.29, 0.717) is 0 Å². The zero-order valence-electron chi connectivity index (χ0n) is 11.8. The molecular formula is C15H28N2. The maximum atomic E-state index is 4.74. The van der Waals surface area contributed by atoms with Gasteiger partial charge in [-0.3, -0.25) is 4.99 Å². The highest BCUT2D eigenvalue weighted by Gasteiger charge is 2.07. The van der Waals surface area contributed by atoms with Gasteiger partial charge >= 0.3 is 0 Å². The Labute approximate surface area is 107 Å². The van der Waals surface area contributed by atoms with Gasteiger partial charge in [0.15, 0.2) is 0 Å². The normalized spacial score (nSPS) is 20.4. The molecule has 0 aromatic carbocycles. The first-order valence-electron chi connectivity index (χ1n) is 7.17. The minimum atomic E-state index is 0.967. The van der Waals surface area contributed by atoms with Crippen molar-refractivity contribution in [3.8, 4) is 0 Å². The molecule has 0 bridgehead atoms. The van der Waals surface area contributed by atoms with Crippen molar-refractivity contribution in [2.24, 2.45) is 4.99 Å². The van der Waals surface area contributed by atoms with Crippen LogP contribution in [-0.2, 0) is 0 Å². The molecule has 0 aromatic rings. The van der Waals surface area contributed by atoms with E-state index in [-0.39, 0.29) is 0 Å². The predicted molar refractivity (Wildman–Crippen MR) is 76.9 cm³/mol. The Balaban J connectivity index is 2.35. The van der Waals surface area contributed by atoms with Gasteiger partial charge in [0.05, 0.1) is 6.54 Å². The summed E-state index contributed by atoms with van der Waals surface area (Å²) >= 11 is 0. The van der Waals surface area contributed by atoms with E-state index in [0.717, 1.165) is 19.5 Å². The summed E-state index contributed by atoms with van der Waals surface area (Å²) in [5.41, 5.74) is 2.62. The van der Waals surface area contributed by atoms with Crippen LogP contribution in [0.2, 0.25) is 0 Å². The van der Waals surface area contributed by atoms with Crippen molar-refractivity contribution < 1.29 is 0 Å². The fraction of sp³-hybridized carbons (Fsp3) is 0.800. The van der Waals surface area contributed by atoms with E-state index in [4.69, 9.17) is 4.99 Å². The molecule has 0 N–H and O–H groups in total. The molecule has 0 spiro atoms. The molecule has 1 saturated heterocycles. The molecule has 0 aromatic heterocycles. The maximum Gasteiger partial charge on any atom is 0.0520 e. The third-order valence-electron chi connectivity index (χ3n) is 3.64. The van der Waals surface area contributed by atoms with Crippen molar-refractivity contribution in [3.05, 3.63) is 11.6 Å². The molecular weight excluding hydrogens is 208 g/mol. The Morgan fingerprint density at radius 1 is 1.18 bits per heavy atom. The van der Waals surface area contributed by atoms with Crippen LogP contribution in [0.3, 0.4) is 0 Å². The lowest BCUT2D eigenvalue weighted by atomic mass is 10.1. The molecule has 1 aliphatic heterocycles. The van der Waals surface area contributed by atoms with Crippen LogP contribution < -0.4 is 0 Å². The van der Waals surface area contributed by atoms with Crippen molar-refractivity contribution in [1.82, 2.24) is 4.90 Å². The molecule has 1 rings (SSSR count). The first-order chi connectivity index (χ1) is 8.27. The van der Waals surface area contributed by atoms with Crippen LogP contribution in [0.1, 0.15) is 52.9 Å². The quantitative estimate of drug-likeness (QED) is 0.665. The minimum Gasteiger partial charge on any atom is -0.301 e. The molecule has 0 unspecified atom stereocenters. The highest BCUT2D eigenvalue weighted by Crippen LogP contribution is 2.09. The van der Waals surface area contributed by atoms with Gasteiger partial charge in [-0.15, -0.1) is 0 Å². The summed E-state index contributed by atoms with van der Waals surface area (Å²) in [4.78, 5) is 7.32. The van der Waals surface area contributed by atoms with Gasteiger partial charge in [0, 0.05) is 12.3 Å². The topological polar surface area (TPSA) is 15.6 Å². The van der Waals surface area contributed by atoms with E-state index in [1.807, 2.05) is 0 Å². The summed E-state index contributed by atoms with van der Waals surface area (Å²) in [6, 6.07) is 0. The Bertz CT molecular complexity index is 258. The third-order valence-corrected chi connectivity index (χ3v) is 3.64. The summed E-state index contributed by atoms with van der Waals surface area (Å²) in [6.45, 7) is 11.1. The van der Waals surface area contributed by atoms with E-state index in [1.165, 1.54) is 50.1 Å². The molecule has 17 heavy (non-hydrogen) atoms. The largest absolute Gasteiger partial charge is 0.301 e. The Hall–Kier alpha value is -0.630. The lowest BCUT2D eigenvalue weighted by Gasteiger charge is -2.18. The Morgan fingerprint density at radius 2 is 1.82 bits per heavy atom. The zero-order chi connectivity index (χ0) is 12.5. The number of likely N-dealkylation sites (tertiary alicyclic amines) is 1. The molecule has 2 nitrogen and oxygen atoms in total. The summed E-state index contributed by atoms with van der Waals surface area (Å²) in [5.74, 6) is 0. The van der Waals surface area contributed by atoms with Crippen LogP contribution in [0.4, 0.5) is 0 Å². The van der Waals surface area contributed by atoms with Gasteiger partial charge in [-0.05, 0) is 51.8 Å². The molecule has 98 valence electrons. The second kappa shape index (κ2) is 8.46. The van der Waals surface area contributed by atoms with Gasteiger partial charge in [-0.25, -0.2) is 0 Å². The summed E-state index contributed by atoms with van der Waals surface area (Å²) in [5, 5.41) is 0. The molecule has 0 atom stereocenters. The lowest BCUT2D eigenvalue weighted by Crippen LogP contribution is -2.27. The monoisotopic (exact) mass is 236 g/mol. The van der Waals surface area contributed by atoms with E-state index in [1.54, 1.807) is 0 Å². The number of hydrogen-bond acceptors (Lipinski definition) is 2. The summed E-state index contributed by atoms with van der Waals surface area (Å²) in [6.07, 6.45) is 8.79. The summed E-state index contributed by atoms with van der Waals surface area (Å²) in [7, 11) is 0. The molecule has 2 heteroatoms. The zero-order valence-corrected chi connectivity index (χ0v) is 11.8. The first kappa shape index (κ1) is 14.4. The smallest absolute Gasteiger partial charge is 0.0520 e. The molecule has 1 fully saturated rings. The number of allylic oxidation sites excluding steroid dienone is 2. The first-order valence-corrected chi connectivity index (χ1v) is 7.17. The van der Waals surface area contributed by atoms with Crippen molar-refractivity contribution >= 4 is 5.71 Å². The highest BCUT2D eigenvalue weighted by molar-refractivity contribution is 5.99. The number of nitrogens with zero attached hydrogens (tertiary/aromatic N) is 2. The average Bonchev–Trinajstić information content (AvgIpc) is 2.62. The van der Waals surface area contributed by atoms with Crippen LogP contribution in [0.15, 0.2) is 16.6 Å². The molecule has 0 aliphatic carbocycles. The van der Waals surface area contributed by atoms with Crippen LogP contribution in [0.5, 0.6) is 0 Å². The van der Waals surface area contributed by atoms with Crippen molar-refractivity contribution in [3.63, 3.8) is 0 Å². The number of aliphatic imine (C=N–C) groups is 1. The fourth-order valence-corrected chi connectivity index (χ4v) is 2.37. The standard InChI is InChI=1S/C15H28N2/c1-4-14(3)15(5-2)16-10-13-17-11-8-6-7-9-12-17/h4H,5-13H2,1-3H3/b14-4-,16-15?. The number of rotatable bonds is 5. The van der Waals surface area contributed by atoms with Gasteiger partial charge < -0.3 is 4.90 Å². The van der Waals surface area contributed by atoms with E-state index in [9.17, 15) is 0 Å². The fourth-order valence-electron chi connectivity index (χ4n) is 2.37. The number of hydrogen-bond donors (Lipinski definition) is 0. The van der Waals surface area contributed by atoms with Crippen molar-refractivity contribution in [1.29, 1.82) is 0 Å². The SMILES string of the molecule is C/C=C(/C)C(CC)=NCCN1CCCCCC1. The van der Waals surface area contributed by atoms with Crippen molar-refractivity contribution in [2.45, 2.75) is 52.9 Å². The lowest BCUT2D eigenvalue weighted by molar-refractivity contribution is 0.293. The van der Waals surface area contributed by atoms with E-state index >= 15 is 0 Å². The van der Waals surface area contributed by atoms with Gasteiger partial charge in [0.2, 0.25) is 0 Å². The predicted octanol–water partition coefficient (Wildman–Crippen LogP) is 3.68. The minimum absolute atomic E-state index is 0.967. The van der Waals surface area contributed by atoms with Gasteiger partial charge in [0.1, 0.15) is 0 Å². The Morgan fingerprint density at radius 3 is 2.35 bits per heavy atom. The van der Waals surface area contributed by atoms with Gasteiger partial charge in [0.25, 0.3) is 0 Å². The summed E-state index contributed by atoms with van der Waals surface area (Å²) < 4.78 is 0. The molecule has 1 heterocycles. The Kier molecular flexibility index (Phi) is 7.18. The van der Waals surface area contributed by atoms with Crippen LogP contribution in [-0.4, -0.2) is 36.8 Å². The van der Waals surface area contributed by atoms with Gasteiger partial charge in [-0.1, -0.05) is 25.8 Å². The highest BCUT2D eigenvalue weighted by atomic mass is 15.1. The van der Waals surface area contributed by atoms with Gasteiger partial charge in [-0.2, -0.15) is 0 Å². The van der Waals surface area contributed by atoms with E-state index < -0.39 is 0 Å². The van der Waals surface area contributed by atoms with Crippen LogP contribution in [0.25, 0.3) is 0 Å². The third kappa shape index (κ3) is 5.49.